The molecule has 1 aromatic carbocycles. The summed E-state index contributed by atoms with van der Waals surface area (Å²) in [5, 5.41) is 11.0. The summed E-state index contributed by atoms with van der Waals surface area (Å²) in [5.74, 6) is -3.12. The summed E-state index contributed by atoms with van der Waals surface area (Å²) in [6.45, 7) is 0. The number of carboxylic acid groups (broad SMARTS) is 1. The number of aromatic carboxylic acids is 1. The number of carbonyl (C=O) groups excluding carboxylic acids is 1. The second kappa shape index (κ2) is 5.15. The van der Waals surface area contributed by atoms with Gasteiger partial charge in [-0.25, -0.2) is 4.79 Å². The Morgan fingerprint density at radius 3 is 2.60 bits per heavy atom. The molecule has 1 aromatic rings. The molecule has 2 rings (SSSR count). The summed E-state index contributed by atoms with van der Waals surface area (Å²) in [5.41, 5.74) is 1.03. The quantitative estimate of drug-likeness (QED) is 0.878. The van der Waals surface area contributed by atoms with Crippen LogP contribution in [0, 0.1) is 0 Å². The number of carboxylic acids is 1. The lowest BCUT2D eigenvalue weighted by Gasteiger charge is -2.27. The van der Waals surface area contributed by atoms with Crippen LogP contribution in [0.1, 0.15) is 40.4 Å². The molecule has 0 fully saturated rings. The van der Waals surface area contributed by atoms with Gasteiger partial charge in [-0.1, -0.05) is 12.1 Å². The van der Waals surface area contributed by atoms with E-state index in [0.717, 1.165) is 0 Å². The maximum absolute atomic E-state index is 12.3. The van der Waals surface area contributed by atoms with Crippen LogP contribution in [0.2, 0.25) is 0 Å². The molecular weight excluding hydrogens is 275 g/mol. The van der Waals surface area contributed by atoms with Crippen molar-refractivity contribution in [3.05, 3.63) is 34.9 Å². The van der Waals surface area contributed by atoms with Crippen LogP contribution < -0.4 is 5.32 Å². The Hall–Kier alpha value is -2.05. The largest absolute Gasteiger partial charge is 0.478 e. The molecule has 0 spiro atoms. The van der Waals surface area contributed by atoms with Gasteiger partial charge in [-0.3, -0.25) is 4.79 Å². The molecule has 108 valence electrons. The monoisotopic (exact) mass is 287 g/mol. The molecular formula is C13H12F3NO3. The Bertz CT molecular complexity index is 554. The number of rotatable bonds is 2. The molecule has 0 aliphatic heterocycles. The maximum Gasteiger partial charge on any atom is 0.471 e. The third kappa shape index (κ3) is 2.76. The van der Waals surface area contributed by atoms with E-state index in [1.54, 1.807) is 6.07 Å². The normalized spacial score (nSPS) is 18.2. The Morgan fingerprint density at radius 2 is 2.00 bits per heavy atom. The van der Waals surface area contributed by atoms with Gasteiger partial charge in [0.1, 0.15) is 0 Å². The van der Waals surface area contributed by atoms with E-state index in [2.05, 4.69) is 0 Å². The third-order valence-electron chi connectivity index (χ3n) is 3.30. The van der Waals surface area contributed by atoms with Gasteiger partial charge in [-0.05, 0) is 36.5 Å². The van der Waals surface area contributed by atoms with Gasteiger partial charge >= 0.3 is 18.1 Å². The average molecular weight is 287 g/mol. The molecule has 20 heavy (non-hydrogen) atoms. The minimum atomic E-state index is -4.94. The van der Waals surface area contributed by atoms with Crippen molar-refractivity contribution < 1.29 is 27.9 Å². The zero-order valence-corrected chi connectivity index (χ0v) is 10.3. The smallest absolute Gasteiger partial charge is 0.471 e. The topological polar surface area (TPSA) is 66.4 Å². The number of nitrogens with one attached hydrogen (secondary N) is 1. The van der Waals surface area contributed by atoms with E-state index in [9.17, 15) is 22.8 Å². The summed E-state index contributed by atoms with van der Waals surface area (Å²) in [6, 6.07) is 3.64. The predicted molar refractivity (Wildman–Crippen MR) is 63.3 cm³/mol. The lowest BCUT2D eigenvalue weighted by molar-refractivity contribution is -0.174. The zero-order valence-electron chi connectivity index (χ0n) is 10.3. The molecule has 0 saturated heterocycles. The fourth-order valence-corrected chi connectivity index (χ4v) is 2.44. The van der Waals surface area contributed by atoms with E-state index in [0.29, 0.717) is 30.4 Å². The molecule has 1 amide bonds. The van der Waals surface area contributed by atoms with Gasteiger partial charge < -0.3 is 10.4 Å². The van der Waals surface area contributed by atoms with E-state index in [4.69, 9.17) is 5.11 Å². The number of carbonyl (C=O) groups is 2. The van der Waals surface area contributed by atoms with Crippen molar-refractivity contribution in [2.45, 2.75) is 31.5 Å². The van der Waals surface area contributed by atoms with Crippen LogP contribution in [-0.2, 0) is 11.2 Å². The van der Waals surface area contributed by atoms with Crippen molar-refractivity contribution in [3.63, 3.8) is 0 Å². The Morgan fingerprint density at radius 1 is 1.30 bits per heavy atom. The maximum atomic E-state index is 12.3. The van der Waals surface area contributed by atoms with E-state index in [1.165, 1.54) is 12.1 Å². The number of amides is 1. The van der Waals surface area contributed by atoms with Crippen LogP contribution in [0.5, 0.6) is 0 Å². The lowest BCUT2D eigenvalue weighted by Crippen LogP contribution is -2.40. The molecule has 1 unspecified atom stereocenters. The number of hydrogen-bond acceptors (Lipinski definition) is 2. The Kier molecular flexibility index (Phi) is 3.69. The molecule has 0 heterocycles. The molecule has 2 N–H and O–H groups in total. The first kappa shape index (κ1) is 14.4. The SMILES string of the molecule is O=C(O)c1cccc2c1CCCC2NC(=O)C(F)(F)F. The molecule has 4 nitrogen and oxygen atoms in total. The number of hydrogen-bond donors (Lipinski definition) is 2. The highest BCUT2D eigenvalue weighted by atomic mass is 19.4. The standard InChI is InChI=1S/C13H12F3NO3/c14-13(15,16)12(20)17-10-6-2-3-7-8(10)4-1-5-9(7)11(18)19/h1,4-5,10H,2-3,6H2,(H,17,20)(H,18,19). The second-order valence-electron chi connectivity index (χ2n) is 4.59. The first-order valence-corrected chi connectivity index (χ1v) is 6.03. The molecule has 0 radical (unpaired) electrons. The van der Waals surface area contributed by atoms with Crippen molar-refractivity contribution in [1.29, 1.82) is 0 Å². The third-order valence-corrected chi connectivity index (χ3v) is 3.30. The predicted octanol–water partition coefficient (Wildman–Crippen LogP) is 2.44. The van der Waals surface area contributed by atoms with E-state index in [-0.39, 0.29) is 5.56 Å². The Balaban J connectivity index is 2.32. The minimum absolute atomic E-state index is 0.0773. The van der Waals surface area contributed by atoms with Crippen LogP contribution >= 0.6 is 0 Å². The average Bonchev–Trinajstić information content (AvgIpc) is 2.37. The van der Waals surface area contributed by atoms with Crippen molar-refractivity contribution in [2.24, 2.45) is 0 Å². The zero-order chi connectivity index (χ0) is 14.9. The number of fused-ring (bicyclic) bond motifs is 1. The molecule has 1 aliphatic rings. The van der Waals surface area contributed by atoms with Crippen molar-refractivity contribution in [1.82, 2.24) is 5.32 Å². The number of halogens is 3. The van der Waals surface area contributed by atoms with Gasteiger partial charge in [0.15, 0.2) is 0 Å². The molecule has 0 aromatic heterocycles. The number of alkyl halides is 3. The highest BCUT2D eigenvalue weighted by Crippen LogP contribution is 2.32. The van der Waals surface area contributed by atoms with Gasteiger partial charge in [0.2, 0.25) is 0 Å². The highest BCUT2D eigenvalue weighted by Gasteiger charge is 2.40. The fraction of sp³-hybridized carbons (Fsp3) is 0.385. The van der Waals surface area contributed by atoms with Crippen LogP contribution in [-0.4, -0.2) is 23.2 Å². The van der Waals surface area contributed by atoms with Gasteiger partial charge in [-0.2, -0.15) is 13.2 Å². The lowest BCUT2D eigenvalue weighted by atomic mass is 9.85. The second-order valence-corrected chi connectivity index (χ2v) is 4.59. The molecule has 7 heteroatoms. The van der Waals surface area contributed by atoms with Crippen molar-refractivity contribution in [3.8, 4) is 0 Å². The summed E-state index contributed by atoms with van der Waals surface area (Å²) in [4.78, 5) is 22.1. The molecule has 0 saturated carbocycles. The van der Waals surface area contributed by atoms with Crippen LogP contribution in [0.15, 0.2) is 18.2 Å². The van der Waals surface area contributed by atoms with Gasteiger partial charge in [0, 0.05) is 0 Å². The summed E-state index contributed by atoms with van der Waals surface area (Å²) in [7, 11) is 0. The van der Waals surface area contributed by atoms with Crippen molar-refractivity contribution in [2.75, 3.05) is 0 Å². The molecule has 1 aliphatic carbocycles. The van der Waals surface area contributed by atoms with Gasteiger partial charge in [0.05, 0.1) is 11.6 Å². The van der Waals surface area contributed by atoms with Crippen LogP contribution in [0.3, 0.4) is 0 Å². The van der Waals surface area contributed by atoms with Gasteiger partial charge in [0.25, 0.3) is 0 Å². The van der Waals surface area contributed by atoms with Crippen LogP contribution in [0.4, 0.5) is 13.2 Å². The Labute approximate surface area is 112 Å². The van der Waals surface area contributed by atoms with Crippen LogP contribution in [0.25, 0.3) is 0 Å². The first-order chi connectivity index (χ1) is 9.30. The number of benzene rings is 1. The van der Waals surface area contributed by atoms with Crippen molar-refractivity contribution >= 4 is 11.9 Å². The molecule has 1 atom stereocenters. The van der Waals surface area contributed by atoms with E-state index < -0.39 is 24.1 Å². The highest BCUT2D eigenvalue weighted by molar-refractivity contribution is 5.90. The molecule has 0 bridgehead atoms. The first-order valence-electron chi connectivity index (χ1n) is 6.03. The summed E-state index contributed by atoms with van der Waals surface area (Å²) >= 11 is 0. The van der Waals surface area contributed by atoms with E-state index >= 15 is 0 Å². The van der Waals surface area contributed by atoms with E-state index in [1.807, 2.05) is 5.32 Å². The van der Waals surface area contributed by atoms with Gasteiger partial charge in [-0.15, -0.1) is 0 Å². The fourth-order valence-electron chi connectivity index (χ4n) is 2.44. The summed E-state index contributed by atoms with van der Waals surface area (Å²) in [6.07, 6.45) is -3.57. The minimum Gasteiger partial charge on any atom is -0.478 e. The summed E-state index contributed by atoms with van der Waals surface area (Å²) < 4.78 is 36.8.